The zero-order valence-corrected chi connectivity index (χ0v) is 12.4. The van der Waals surface area contributed by atoms with Crippen LogP contribution in [-0.4, -0.2) is 42.5 Å². The van der Waals surface area contributed by atoms with Gasteiger partial charge in [-0.3, -0.25) is 0 Å². The first-order valence-electron chi connectivity index (χ1n) is 6.55. The van der Waals surface area contributed by atoms with Crippen LogP contribution < -0.4 is 5.32 Å². The van der Waals surface area contributed by atoms with Crippen LogP contribution in [0.5, 0.6) is 0 Å². The highest BCUT2D eigenvalue weighted by atomic mass is 16.5. The Morgan fingerprint density at radius 2 is 2.05 bits per heavy atom. The first-order chi connectivity index (χ1) is 9.29. The summed E-state index contributed by atoms with van der Waals surface area (Å²) in [5, 5.41) is 21.4. The van der Waals surface area contributed by atoms with Gasteiger partial charge in [0, 0.05) is 12.2 Å². The molecule has 0 spiro atoms. The lowest BCUT2D eigenvalue weighted by Crippen LogP contribution is -2.25. The van der Waals surface area contributed by atoms with Crippen LogP contribution in [0.15, 0.2) is 18.2 Å². The van der Waals surface area contributed by atoms with Gasteiger partial charge < -0.3 is 20.3 Å². The lowest BCUT2D eigenvalue weighted by molar-refractivity contribution is 0.0600. The van der Waals surface area contributed by atoms with Crippen LogP contribution >= 0.6 is 0 Å². The van der Waals surface area contributed by atoms with Crippen molar-refractivity contribution in [1.82, 2.24) is 0 Å². The van der Waals surface area contributed by atoms with Crippen LogP contribution in [0.2, 0.25) is 0 Å². The molecular formula is C15H23NO4. The van der Waals surface area contributed by atoms with E-state index in [-0.39, 0.29) is 18.6 Å². The van der Waals surface area contributed by atoms with E-state index in [1.54, 1.807) is 12.1 Å². The molecule has 0 bridgehead atoms. The van der Waals surface area contributed by atoms with Gasteiger partial charge in [-0.2, -0.15) is 0 Å². The van der Waals surface area contributed by atoms with Crippen molar-refractivity contribution in [3.8, 4) is 0 Å². The number of benzene rings is 1. The fourth-order valence-electron chi connectivity index (χ4n) is 1.88. The van der Waals surface area contributed by atoms with Crippen LogP contribution in [0.25, 0.3) is 0 Å². The zero-order chi connectivity index (χ0) is 15.3. The Bertz CT molecular complexity index is 465. The van der Waals surface area contributed by atoms with Crippen LogP contribution in [0.1, 0.15) is 36.7 Å². The third kappa shape index (κ3) is 4.21. The van der Waals surface area contributed by atoms with Crippen LogP contribution in [0, 0.1) is 0 Å². The maximum Gasteiger partial charge on any atom is 0.337 e. The quantitative estimate of drug-likeness (QED) is 0.713. The Morgan fingerprint density at radius 1 is 1.40 bits per heavy atom. The number of ether oxygens (including phenoxy) is 1. The molecule has 0 aliphatic rings. The van der Waals surface area contributed by atoms with Crippen molar-refractivity contribution >= 4 is 11.7 Å². The minimum absolute atomic E-state index is 0.110. The molecule has 5 nitrogen and oxygen atoms in total. The van der Waals surface area contributed by atoms with Crippen LogP contribution in [0.3, 0.4) is 0 Å². The van der Waals surface area contributed by atoms with E-state index in [0.717, 1.165) is 11.3 Å². The van der Waals surface area contributed by atoms with Gasteiger partial charge in [0.1, 0.15) is 0 Å². The highest BCUT2D eigenvalue weighted by Crippen LogP contribution is 2.30. The van der Waals surface area contributed by atoms with Gasteiger partial charge in [-0.15, -0.1) is 0 Å². The molecule has 20 heavy (non-hydrogen) atoms. The van der Waals surface area contributed by atoms with Crippen molar-refractivity contribution in [2.45, 2.75) is 32.3 Å². The van der Waals surface area contributed by atoms with E-state index < -0.39 is 12.1 Å². The van der Waals surface area contributed by atoms with E-state index in [1.807, 2.05) is 6.07 Å². The molecule has 1 rings (SSSR count). The maximum atomic E-state index is 11.6. The highest BCUT2D eigenvalue weighted by Gasteiger charge is 2.20. The number of anilines is 1. The highest BCUT2D eigenvalue weighted by molar-refractivity contribution is 5.90. The van der Waals surface area contributed by atoms with E-state index in [1.165, 1.54) is 7.11 Å². The van der Waals surface area contributed by atoms with Crippen molar-refractivity contribution in [2.24, 2.45) is 0 Å². The number of esters is 1. The fourth-order valence-corrected chi connectivity index (χ4v) is 1.88. The monoisotopic (exact) mass is 281 g/mol. The summed E-state index contributed by atoms with van der Waals surface area (Å²) in [6, 6.07) is 5.30. The Morgan fingerprint density at radius 3 is 2.55 bits per heavy atom. The second-order valence-electron chi connectivity index (χ2n) is 5.72. The number of aliphatic hydroxyl groups is 2. The summed E-state index contributed by atoms with van der Waals surface area (Å²) < 4.78 is 4.71. The van der Waals surface area contributed by atoms with Gasteiger partial charge >= 0.3 is 5.97 Å². The van der Waals surface area contributed by atoms with Crippen molar-refractivity contribution in [3.63, 3.8) is 0 Å². The molecule has 5 heteroatoms. The predicted molar refractivity (Wildman–Crippen MR) is 78.1 cm³/mol. The van der Waals surface area contributed by atoms with E-state index in [2.05, 4.69) is 26.1 Å². The smallest absolute Gasteiger partial charge is 0.337 e. The van der Waals surface area contributed by atoms with E-state index >= 15 is 0 Å². The number of hydrogen-bond donors (Lipinski definition) is 3. The molecule has 0 aromatic heterocycles. The lowest BCUT2D eigenvalue weighted by atomic mass is 9.85. The largest absolute Gasteiger partial charge is 0.465 e. The lowest BCUT2D eigenvalue weighted by Gasteiger charge is -2.24. The maximum absolute atomic E-state index is 11.6. The molecular weight excluding hydrogens is 258 g/mol. The van der Waals surface area contributed by atoms with Crippen molar-refractivity contribution < 1.29 is 19.7 Å². The summed E-state index contributed by atoms with van der Waals surface area (Å²) in [7, 11) is 1.34. The van der Waals surface area contributed by atoms with Crippen molar-refractivity contribution in [2.75, 3.05) is 25.6 Å². The standard InChI is InChI=1S/C15H23NO4/c1-15(2,3)12-6-5-10(14(19)20-4)7-13(12)16-8-11(18)9-17/h5-7,11,16-18H,8-9H2,1-4H3. The second-order valence-corrected chi connectivity index (χ2v) is 5.72. The number of carbonyl (C=O) groups excluding carboxylic acids is 1. The first-order valence-corrected chi connectivity index (χ1v) is 6.55. The molecule has 0 saturated heterocycles. The molecule has 0 aliphatic heterocycles. The van der Waals surface area contributed by atoms with Gasteiger partial charge in [0.15, 0.2) is 0 Å². The van der Waals surface area contributed by atoms with Crippen LogP contribution in [0.4, 0.5) is 5.69 Å². The summed E-state index contributed by atoms with van der Waals surface area (Å²) in [4.78, 5) is 11.6. The molecule has 0 heterocycles. The van der Waals surface area contributed by atoms with Gasteiger partial charge in [0.25, 0.3) is 0 Å². The van der Waals surface area contributed by atoms with Gasteiger partial charge in [0.05, 0.1) is 25.4 Å². The Kier molecular flexibility index (Phi) is 5.53. The van der Waals surface area contributed by atoms with Gasteiger partial charge in [-0.05, 0) is 23.1 Å². The number of carbonyl (C=O) groups is 1. The molecule has 112 valence electrons. The average molecular weight is 281 g/mol. The van der Waals surface area contributed by atoms with E-state index in [0.29, 0.717) is 5.56 Å². The third-order valence-electron chi connectivity index (χ3n) is 2.99. The van der Waals surface area contributed by atoms with Crippen molar-refractivity contribution in [1.29, 1.82) is 0 Å². The van der Waals surface area contributed by atoms with Gasteiger partial charge in [0.2, 0.25) is 0 Å². The molecule has 0 saturated carbocycles. The SMILES string of the molecule is COC(=O)c1ccc(C(C)(C)C)c(NCC(O)CO)c1. The minimum Gasteiger partial charge on any atom is -0.465 e. The number of nitrogens with one attached hydrogen (secondary N) is 1. The molecule has 0 aliphatic carbocycles. The molecule has 1 aromatic carbocycles. The molecule has 1 aromatic rings. The summed E-state index contributed by atoms with van der Waals surface area (Å²) in [5.74, 6) is -0.406. The summed E-state index contributed by atoms with van der Waals surface area (Å²) in [5.41, 5.74) is 2.12. The molecule has 0 fully saturated rings. The van der Waals surface area contributed by atoms with Gasteiger partial charge in [-0.25, -0.2) is 4.79 Å². The Balaban J connectivity index is 3.10. The zero-order valence-electron chi connectivity index (χ0n) is 12.4. The minimum atomic E-state index is -0.843. The number of aliphatic hydroxyl groups excluding tert-OH is 2. The Labute approximate surface area is 119 Å². The first kappa shape index (κ1) is 16.5. The molecule has 3 N–H and O–H groups in total. The molecule has 1 unspecified atom stereocenters. The number of rotatable bonds is 5. The Hall–Kier alpha value is -1.59. The molecule has 0 amide bonds. The predicted octanol–water partition coefficient (Wildman–Crippen LogP) is 1.54. The summed E-state index contributed by atoms with van der Waals surface area (Å²) >= 11 is 0. The fraction of sp³-hybridized carbons (Fsp3) is 0.533. The normalized spacial score (nSPS) is 12.9. The number of methoxy groups -OCH3 is 1. The van der Waals surface area contributed by atoms with Crippen molar-refractivity contribution in [3.05, 3.63) is 29.3 Å². The third-order valence-corrected chi connectivity index (χ3v) is 2.99. The van der Waals surface area contributed by atoms with Gasteiger partial charge in [-0.1, -0.05) is 26.8 Å². The van der Waals surface area contributed by atoms with Crippen LogP contribution in [-0.2, 0) is 10.2 Å². The number of hydrogen-bond acceptors (Lipinski definition) is 5. The second kappa shape index (κ2) is 6.72. The summed E-state index contributed by atoms with van der Waals surface area (Å²) in [6.07, 6.45) is -0.843. The molecule has 0 radical (unpaired) electrons. The summed E-state index contributed by atoms with van der Waals surface area (Å²) in [6.45, 7) is 6.09. The molecule has 1 atom stereocenters. The average Bonchev–Trinajstić information content (AvgIpc) is 2.42. The topological polar surface area (TPSA) is 78.8 Å². The van der Waals surface area contributed by atoms with E-state index in [9.17, 15) is 9.90 Å². The van der Waals surface area contributed by atoms with E-state index in [4.69, 9.17) is 9.84 Å².